The van der Waals surface area contributed by atoms with Gasteiger partial charge in [-0.2, -0.15) is 4.98 Å². The van der Waals surface area contributed by atoms with Crippen LogP contribution in [0, 0.1) is 5.92 Å². The number of nitrogens with one attached hydrogen (secondary N) is 1. The standard InChI is InChI=1S/C26H35N3O5S/c1-5-35(30,31)21-7-9-23-22(15-21)28-26(34-23)27-20-10-12-29(13-11-20)16-19-6-8-24(32-4)25(14-19)33-17-18(2)3/h6-9,14-15,18,20H,5,10-13,16-17H2,1-4H3,(H,27,28). The molecule has 0 aliphatic carbocycles. The van der Waals surface area contributed by atoms with Crippen LogP contribution in [0.4, 0.5) is 6.01 Å². The van der Waals surface area contributed by atoms with Gasteiger partial charge in [0.1, 0.15) is 5.52 Å². The van der Waals surface area contributed by atoms with Gasteiger partial charge in [0.25, 0.3) is 6.01 Å². The van der Waals surface area contributed by atoms with E-state index in [1.807, 2.05) is 6.07 Å². The van der Waals surface area contributed by atoms with Crippen LogP contribution in [0.3, 0.4) is 0 Å². The van der Waals surface area contributed by atoms with Gasteiger partial charge in [-0.25, -0.2) is 8.42 Å². The van der Waals surface area contributed by atoms with E-state index in [2.05, 4.69) is 41.2 Å². The fraction of sp³-hybridized carbons (Fsp3) is 0.500. The average Bonchev–Trinajstić information content (AvgIpc) is 3.25. The third-order valence-corrected chi connectivity index (χ3v) is 7.95. The summed E-state index contributed by atoms with van der Waals surface area (Å²) >= 11 is 0. The first-order valence-electron chi connectivity index (χ1n) is 12.2. The van der Waals surface area contributed by atoms with Crippen LogP contribution in [0.1, 0.15) is 39.2 Å². The van der Waals surface area contributed by atoms with Crippen molar-refractivity contribution in [1.82, 2.24) is 9.88 Å². The summed E-state index contributed by atoms with van der Waals surface area (Å²) in [5.41, 5.74) is 2.33. The van der Waals surface area contributed by atoms with Crippen molar-refractivity contribution in [2.75, 3.05) is 37.9 Å². The van der Waals surface area contributed by atoms with E-state index in [0.717, 1.165) is 44.0 Å². The molecule has 9 heteroatoms. The summed E-state index contributed by atoms with van der Waals surface area (Å²) in [6.45, 7) is 9.30. The number of aromatic nitrogens is 1. The average molecular weight is 502 g/mol. The second-order valence-corrected chi connectivity index (χ2v) is 11.7. The highest BCUT2D eigenvalue weighted by Crippen LogP contribution is 2.30. The molecule has 35 heavy (non-hydrogen) atoms. The molecule has 0 saturated carbocycles. The Labute approximate surface area is 207 Å². The molecule has 1 aliphatic rings. The van der Waals surface area contributed by atoms with Crippen molar-refractivity contribution in [3.63, 3.8) is 0 Å². The molecule has 1 saturated heterocycles. The van der Waals surface area contributed by atoms with Crippen LogP contribution in [0.25, 0.3) is 11.1 Å². The maximum absolute atomic E-state index is 12.1. The number of hydrogen-bond donors (Lipinski definition) is 1. The first-order chi connectivity index (χ1) is 16.8. The first-order valence-corrected chi connectivity index (χ1v) is 13.8. The summed E-state index contributed by atoms with van der Waals surface area (Å²) in [5.74, 6) is 2.06. The second-order valence-electron chi connectivity index (χ2n) is 9.44. The summed E-state index contributed by atoms with van der Waals surface area (Å²) in [6, 6.07) is 11.7. The molecule has 0 unspecified atom stereocenters. The maximum Gasteiger partial charge on any atom is 0.295 e. The third-order valence-electron chi connectivity index (χ3n) is 6.22. The van der Waals surface area contributed by atoms with Gasteiger partial charge < -0.3 is 19.2 Å². The number of ether oxygens (including phenoxy) is 2. The van der Waals surface area contributed by atoms with Gasteiger partial charge in [0.2, 0.25) is 0 Å². The van der Waals surface area contributed by atoms with Gasteiger partial charge >= 0.3 is 0 Å². The minimum Gasteiger partial charge on any atom is -0.493 e. The molecule has 2 aromatic carbocycles. The van der Waals surface area contributed by atoms with Crippen LogP contribution >= 0.6 is 0 Å². The highest BCUT2D eigenvalue weighted by molar-refractivity contribution is 7.91. The SMILES string of the molecule is CCS(=O)(=O)c1ccc2oc(NC3CCN(Cc4ccc(OC)c(OCC(C)C)c4)CC3)nc2c1. The molecule has 0 amide bonds. The van der Waals surface area contributed by atoms with E-state index < -0.39 is 9.84 Å². The van der Waals surface area contributed by atoms with Gasteiger partial charge in [-0.05, 0) is 54.7 Å². The molecule has 1 N–H and O–H groups in total. The molecule has 1 aromatic heterocycles. The number of sulfone groups is 1. The van der Waals surface area contributed by atoms with Crippen LogP contribution in [0.15, 0.2) is 45.7 Å². The molecule has 0 bridgehead atoms. The van der Waals surface area contributed by atoms with Crippen molar-refractivity contribution in [3.8, 4) is 11.5 Å². The predicted molar refractivity (Wildman–Crippen MR) is 137 cm³/mol. The van der Waals surface area contributed by atoms with Crippen LogP contribution in [-0.4, -0.2) is 56.9 Å². The van der Waals surface area contributed by atoms with Crippen LogP contribution < -0.4 is 14.8 Å². The summed E-state index contributed by atoms with van der Waals surface area (Å²) in [7, 11) is -1.61. The van der Waals surface area contributed by atoms with Crippen molar-refractivity contribution in [1.29, 1.82) is 0 Å². The zero-order valence-electron chi connectivity index (χ0n) is 20.9. The number of piperidine rings is 1. The lowest BCUT2D eigenvalue weighted by atomic mass is 10.0. The lowest BCUT2D eigenvalue weighted by Gasteiger charge is -2.32. The van der Waals surface area contributed by atoms with Gasteiger partial charge in [-0.15, -0.1) is 0 Å². The highest BCUT2D eigenvalue weighted by Gasteiger charge is 2.22. The normalized spacial score (nSPS) is 15.6. The third kappa shape index (κ3) is 6.27. The maximum atomic E-state index is 12.1. The van der Waals surface area contributed by atoms with Crippen molar-refractivity contribution in [2.45, 2.75) is 51.1 Å². The smallest absolute Gasteiger partial charge is 0.295 e. The number of anilines is 1. The first kappa shape index (κ1) is 25.3. The van der Waals surface area contributed by atoms with Crippen molar-refractivity contribution in [3.05, 3.63) is 42.0 Å². The van der Waals surface area contributed by atoms with Crippen LogP contribution in [0.5, 0.6) is 11.5 Å². The molecule has 4 rings (SSSR count). The molecule has 2 heterocycles. The molecule has 3 aromatic rings. The van der Waals surface area contributed by atoms with E-state index in [0.29, 0.717) is 29.6 Å². The van der Waals surface area contributed by atoms with Crippen molar-refractivity contribution >= 4 is 27.0 Å². The molecule has 8 nitrogen and oxygen atoms in total. The van der Waals surface area contributed by atoms with Gasteiger partial charge in [0.05, 0.1) is 24.4 Å². The second kappa shape index (κ2) is 10.9. The Kier molecular flexibility index (Phi) is 7.86. The summed E-state index contributed by atoms with van der Waals surface area (Å²) in [6.07, 6.45) is 1.92. The number of fused-ring (bicyclic) bond motifs is 1. The number of likely N-dealkylation sites (tertiary alicyclic amines) is 1. The van der Waals surface area contributed by atoms with E-state index >= 15 is 0 Å². The Bertz CT molecular complexity index is 1250. The lowest BCUT2D eigenvalue weighted by molar-refractivity contribution is 0.209. The summed E-state index contributed by atoms with van der Waals surface area (Å²) < 4.78 is 41.5. The molecule has 0 radical (unpaired) electrons. The number of hydrogen-bond acceptors (Lipinski definition) is 8. The summed E-state index contributed by atoms with van der Waals surface area (Å²) in [4.78, 5) is 7.18. The number of nitrogens with zero attached hydrogens (tertiary/aromatic N) is 2. The Morgan fingerprint density at radius 2 is 1.91 bits per heavy atom. The van der Waals surface area contributed by atoms with E-state index in [9.17, 15) is 8.42 Å². The quantitative estimate of drug-likeness (QED) is 0.426. The number of rotatable bonds is 10. The molecular formula is C26H35N3O5S. The van der Waals surface area contributed by atoms with E-state index in [4.69, 9.17) is 13.9 Å². The molecule has 1 fully saturated rings. The van der Waals surface area contributed by atoms with E-state index in [-0.39, 0.29) is 16.7 Å². The Hall–Kier alpha value is -2.78. The topological polar surface area (TPSA) is 93.9 Å². The van der Waals surface area contributed by atoms with E-state index in [1.165, 1.54) is 5.56 Å². The Morgan fingerprint density at radius 1 is 1.14 bits per heavy atom. The molecular weight excluding hydrogens is 466 g/mol. The lowest BCUT2D eigenvalue weighted by Crippen LogP contribution is -2.38. The predicted octanol–water partition coefficient (Wildman–Crippen LogP) is 4.74. The van der Waals surface area contributed by atoms with Gasteiger partial charge in [-0.1, -0.05) is 26.8 Å². The van der Waals surface area contributed by atoms with Crippen molar-refractivity contribution in [2.24, 2.45) is 5.92 Å². The largest absolute Gasteiger partial charge is 0.493 e. The molecule has 1 aliphatic heterocycles. The van der Waals surface area contributed by atoms with Gasteiger partial charge in [0.15, 0.2) is 26.9 Å². The molecule has 0 spiro atoms. The van der Waals surface area contributed by atoms with Crippen LogP contribution in [-0.2, 0) is 16.4 Å². The summed E-state index contributed by atoms with van der Waals surface area (Å²) in [5, 5.41) is 3.39. The van der Waals surface area contributed by atoms with Gasteiger partial charge in [-0.3, -0.25) is 4.90 Å². The minimum absolute atomic E-state index is 0.0584. The fourth-order valence-corrected chi connectivity index (χ4v) is 5.09. The molecule has 190 valence electrons. The Morgan fingerprint density at radius 3 is 2.60 bits per heavy atom. The number of benzene rings is 2. The fourth-order valence-electron chi connectivity index (χ4n) is 4.19. The van der Waals surface area contributed by atoms with Gasteiger partial charge in [0, 0.05) is 25.7 Å². The number of methoxy groups -OCH3 is 1. The highest BCUT2D eigenvalue weighted by atomic mass is 32.2. The van der Waals surface area contributed by atoms with Crippen molar-refractivity contribution < 1.29 is 22.3 Å². The Balaban J connectivity index is 1.34. The zero-order chi connectivity index (χ0) is 25.0. The van der Waals surface area contributed by atoms with Crippen LogP contribution in [0.2, 0.25) is 0 Å². The molecule has 0 atom stereocenters. The van der Waals surface area contributed by atoms with E-state index in [1.54, 1.807) is 32.2 Å². The zero-order valence-corrected chi connectivity index (χ0v) is 21.7. The number of oxazole rings is 1. The minimum atomic E-state index is -3.28. The monoisotopic (exact) mass is 501 g/mol.